The summed E-state index contributed by atoms with van der Waals surface area (Å²) < 4.78 is 11.4. The summed E-state index contributed by atoms with van der Waals surface area (Å²) in [6.45, 7) is 1.86. The fourth-order valence-electron chi connectivity index (χ4n) is 2.98. The van der Waals surface area contributed by atoms with Gasteiger partial charge in [0.1, 0.15) is 17.1 Å². The highest BCUT2D eigenvalue weighted by molar-refractivity contribution is 5.84. The molecule has 0 fully saturated rings. The number of rotatable bonds is 5. The molecule has 0 aliphatic carbocycles. The van der Waals surface area contributed by atoms with Gasteiger partial charge in [-0.2, -0.15) is 0 Å². The Hall–Kier alpha value is -3.27. The summed E-state index contributed by atoms with van der Waals surface area (Å²) in [7, 11) is 0. The van der Waals surface area contributed by atoms with Crippen LogP contribution >= 0.6 is 0 Å². The van der Waals surface area contributed by atoms with Crippen LogP contribution in [0.5, 0.6) is 5.75 Å². The number of carbonyl (C=O) groups is 1. The van der Waals surface area contributed by atoms with Crippen LogP contribution in [0, 0.1) is 0 Å². The predicted octanol–water partition coefficient (Wildman–Crippen LogP) is 4.84. The van der Waals surface area contributed by atoms with Crippen LogP contribution < -0.4 is 10.1 Å². The molecule has 0 bridgehead atoms. The Balaban J connectivity index is 1.38. The fraction of sp³-hybridized carbons (Fsp3) is 0.136. The largest absolute Gasteiger partial charge is 0.484 e. The molecule has 0 saturated heterocycles. The molecule has 0 spiro atoms. The summed E-state index contributed by atoms with van der Waals surface area (Å²) in [5, 5.41) is 6.16. The molecule has 3 aromatic carbocycles. The first-order chi connectivity index (χ1) is 12.7. The van der Waals surface area contributed by atoms with Crippen molar-refractivity contribution in [2.45, 2.75) is 13.0 Å². The molecule has 4 heteroatoms. The normalized spacial score (nSPS) is 12.2. The minimum absolute atomic E-state index is 0.0388. The average Bonchev–Trinajstić information content (AvgIpc) is 3.10. The zero-order chi connectivity index (χ0) is 17.9. The molecule has 26 heavy (non-hydrogen) atoms. The van der Waals surface area contributed by atoms with Crippen molar-refractivity contribution >= 4 is 27.6 Å². The van der Waals surface area contributed by atoms with Crippen molar-refractivity contribution in [1.29, 1.82) is 0 Å². The van der Waals surface area contributed by atoms with Gasteiger partial charge in [0.15, 0.2) is 6.61 Å². The first-order valence-electron chi connectivity index (χ1n) is 8.58. The van der Waals surface area contributed by atoms with E-state index in [2.05, 4.69) is 5.32 Å². The van der Waals surface area contributed by atoms with Gasteiger partial charge in [0.2, 0.25) is 0 Å². The summed E-state index contributed by atoms with van der Waals surface area (Å²) in [4.78, 5) is 12.2. The van der Waals surface area contributed by atoms with Crippen molar-refractivity contribution in [1.82, 2.24) is 5.32 Å². The maximum Gasteiger partial charge on any atom is 0.258 e. The highest BCUT2D eigenvalue weighted by Crippen LogP contribution is 2.24. The standard InChI is InChI=1S/C22H19NO3/c1-15(21-13-18-8-4-5-9-20(18)26-21)23-22(24)14-25-19-11-10-16-6-2-3-7-17(16)12-19/h2-13,15H,14H2,1H3,(H,23,24)/t15-/m1/s1. The van der Waals surface area contributed by atoms with Crippen LogP contribution in [0.25, 0.3) is 21.7 Å². The molecule has 1 atom stereocenters. The molecular formula is C22H19NO3. The second-order valence-corrected chi connectivity index (χ2v) is 6.27. The average molecular weight is 345 g/mol. The van der Waals surface area contributed by atoms with Gasteiger partial charge in [0.05, 0.1) is 6.04 Å². The van der Waals surface area contributed by atoms with E-state index in [4.69, 9.17) is 9.15 Å². The first kappa shape index (κ1) is 16.2. The third kappa shape index (κ3) is 3.40. The van der Waals surface area contributed by atoms with Gasteiger partial charge < -0.3 is 14.5 Å². The Labute approximate surface area is 151 Å². The van der Waals surface area contributed by atoms with Gasteiger partial charge in [-0.3, -0.25) is 4.79 Å². The van der Waals surface area contributed by atoms with Gasteiger partial charge in [-0.15, -0.1) is 0 Å². The molecule has 0 unspecified atom stereocenters. The Morgan fingerprint density at radius 3 is 2.50 bits per heavy atom. The predicted molar refractivity (Wildman–Crippen MR) is 102 cm³/mol. The van der Waals surface area contributed by atoms with Crippen molar-refractivity contribution in [2.24, 2.45) is 0 Å². The minimum atomic E-state index is -0.227. The quantitative estimate of drug-likeness (QED) is 0.563. The number of amides is 1. The van der Waals surface area contributed by atoms with Gasteiger partial charge in [0.25, 0.3) is 5.91 Å². The smallest absolute Gasteiger partial charge is 0.258 e. The van der Waals surface area contributed by atoms with Crippen LogP contribution in [0.3, 0.4) is 0 Å². The maximum absolute atomic E-state index is 12.2. The van der Waals surface area contributed by atoms with Crippen molar-refractivity contribution in [3.05, 3.63) is 78.6 Å². The number of hydrogen-bond donors (Lipinski definition) is 1. The van der Waals surface area contributed by atoms with Gasteiger partial charge in [-0.25, -0.2) is 0 Å². The SMILES string of the molecule is C[C@@H](NC(=O)COc1ccc2ccccc2c1)c1cc2ccccc2o1. The molecular weight excluding hydrogens is 326 g/mol. The highest BCUT2D eigenvalue weighted by atomic mass is 16.5. The van der Waals surface area contributed by atoms with E-state index >= 15 is 0 Å². The summed E-state index contributed by atoms with van der Waals surface area (Å²) in [5.41, 5.74) is 0.816. The van der Waals surface area contributed by atoms with Crippen LogP contribution in [-0.4, -0.2) is 12.5 Å². The third-order valence-corrected chi connectivity index (χ3v) is 4.34. The molecule has 1 heterocycles. The summed E-state index contributed by atoms with van der Waals surface area (Å²) in [6.07, 6.45) is 0. The first-order valence-corrected chi connectivity index (χ1v) is 8.58. The summed E-state index contributed by atoms with van der Waals surface area (Å²) in [6, 6.07) is 23.3. The Morgan fingerprint density at radius 1 is 0.962 bits per heavy atom. The number of ether oxygens (including phenoxy) is 1. The maximum atomic E-state index is 12.2. The van der Waals surface area contributed by atoms with Crippen LogP contribution in [0.15, 0.2) is 77.2 Å². The van der Waals surface area contributed by atoms with Crippen molar-refractivity contribution in [3.8, 4) is 5.75 Å². The Bertz CT molecular complexity index is 1030. The number of furan rings is 1. The molecule has 0 saturated carbocycles. The van der Waals surface area contributed by atoms with E-state index < -0.39 is 0 Å². The number of fused-ring (bicyclic) bond motifs is 2. The van der Waals surface area contributed by atoms with Crippen LogP contribution in [0.2, 0.25) is 0 Å². The molecule has 1 amide bonds. The van der Waals surface area contributed by atoms with E-state index in [0.29, 0.717) is 5.75 Å². The molecule has 4 rings (SSSR count). The van der Waals surface area contributed by atoms with Crippen LogP contribution in [0.4, 0.5) is 0 Å². The topological polar surface area (TPSA) is 51.5 Å². The van der Waals surface area contributed by atoms with Crippen LogP contribution in [-0.2, 0) is 4.79 Å². The Morgan fingerprint density at radius 2 is 1.69 bits per heavy atom. The van der Waals surface area contributed by atoms with E-state index in [9.17, 15) is 4.79 Å². The number of para-hydroxylation sites is 1. The second kappa shape index (κ2) is 6.92. The molecule has 0 aliphatic rings. The molecule has 0 radical (unpaired) electrons. The van der Waals surface area contributed by atoms with Gasteiger partial charge in [-0.05, 0) is 42.0 Å². The van der Waals surface area contributed by atoms with Gasteiger partial charge in [-0.1, -0.05) is 48.5 Å². The lowest BCUT2D eigenvalue weighted by molar-refractivity contribution is -0.123. The van der Waals surface area contributed by atoms with Crippen molar-refractivity contribution in [3.63, 3.8) is 0 Å². The molecule has 4 nitrogen and oxygen atoms in total. The minimum Gasteiger partial charge on any atom is -0.484 e. The van der Waals surface area contributed by atoms with Gasteiger partial charge >= 0.3 is 0 Å². The van der Waals surface area contributed by atoms with E-state index in [1.807, 2.05) is 79.7 Å². The second-order valence-electron chi connectivity index (χ2n) is 6.27. The molecule has 0 aliphatic heterocycles. The van der Waals surface area contributed by atoms with E-state index in [1.54, 1.807) is 0 Å². The molecule has 1 aromatic heterocycles. The van der Waals surface area contributed by atoms with E-state index in [0.717, 1.165) is 27.5 Å². The summed E-state index contributed by atoms with van der Waals surface area (Å²) >= 11 is 0. The van der Waals surface area contributed by atoms with Crippen LogP contribution in [0.1, 0.15) is 18.7 Å². The number of hydrogen-bond acceptors (Lipinski definition) is 3. The van der Waals surface area contributed by atoms with E-state index in [-0.39, 0.29) is 18.6 Å². The Kier molecular flexibility index (Phi) is 4.32. The van der Waals surface area contributed by atoms with E-state index in [1.165, 1.54) is 0 Å². The van der Waals surface area contributed by atoms with Crippen molar-refractivity contribution < 1.29 is 13.9 Å². The lowest BCUT2D eigenvalue weighted by atomic mass is 10.1. The van der Waals surface area contributed by atoms with Gasteiger partial charge in [0, 0.05) is 5.39 Å². The zero-order valence-corrected chi connectivity index (χ0v) is 14.4. The number of nitrogens with one attached hydrogen (secondary N) is 1. The van der Waals surface area contributed by atoms with Crippen molar-refractivity contribution in [2.75, 3.05) is 6.61 Å². The monoisotopic (exact) mass is 345 g/mol. The molecule has 4 aromatic rings. The summed E-state index contributed by atoms with van der Waals surface area (Å²) in [5.74, 6) is 1.21. The highest BCUT2D eigenvalue weighted by Gasteiger charge is 2.14. The zero-order valence-electron chi connectivity index (χ0n) is 14.4. The lowest BCUT2D eigenvalue weighted by Gasteiger charge is -2.12. The lowest BCUT2D eigenvalue weighted by Crippen LogP contribution is -2.31. The number of benzene rings is 3. The fourth-order valence-corrected chi connectivity index (χ4v) is 2.98. The number of carbonyl (C=O) groups excluding carboxylic acids is 1. The molecule has 130 valence electrons. The molecule has 1 N–H and O–H groups in total. The third-order valence-electron chi connectivity index (χ3n) is 4.34.